The van der Waals surface area contributed by atoms with Gasteiger partial charge in [-0.25, -0.2) is 4.90 Å². The lowest BCUT2D eigenvalue weighted by molar-refractivity contribution is -0.138. The van der Waals surface area contributed by atoms with Gasteiger partial charge in [0.1, 0.15) is 12.4 Å². The number of rotatable bonds is 6. The highest BCUT2D eigenvalue weighted by atomic mass is 35.5. The second-order valence-electron chi connectivity index (χ2n) is 12.0. The number of amides is 4. The molecule has 0 aromatic heterocycles. The standard InChI is InChI=1S/C35H31ClN2O6/c1-37-31(40)26-15-14-25-27(29(26)33(37)42)19-28-32(41)38(23-9-5-8-22(36)18-23)34(43)35(28,21-6-3-2-4-7-21)30(25)20-10-12-24(13-11-20)44-17-16-39/h2-14,18,26-30,39H,15-17,19H2,1H3. The second-order valence-corrected chi connectivity index (χ2v) is 12.4. The highest BCUT2D eigenvalue weighted by Gasteiger charge is 2.70. The Morgan fingerprint density at radius 3 is 2.36 bits per heavy atom. The molecule has 2 aliphatic heterocycles. The first-order valence-electron chi connectivity index (χ1n) is 14.8. The number of likely N-dealkylation sites (tertiary alicyclic amines) is 1. The average molecular weight is 611 g/mol. The summed E-state index contributed by atoms with van der Waals surface area (Å²) in [6.07, 6.45) is 2.68. The number of carbonyl (C=O) groups excluding carboxylic acids is 4. The zero-order valence-electron chi connectivity index (χ0n) is 24.1. The number of anilines is 1. The number of allylic oxidation sites excluding steroid dienone is 2. The average Bonchev–Trinajstić information content (AvgIpc) is 3.41. The number of imide groups is 2. The van der Waals surface area contributed by atoms with Gasteiger partial charge in [-0.15, -0.1) is 0 Å². The summed E-state index contributed by atoms with van der Waals surface area (Å²) in [5.74, 6) is -3.47. The predicted molar refractivity (Wildman–Crippen MR) is 163 cm³/mol. The summed E-state index contributed by atoms with van der Waals surface area (Å²) in [7, 11) is 1.52. The van der Waals surface area contributed by atoms with E-state index in [4.69, 9.17) is 16.3 Å². The van der Waals surface area contributed by atoms with Crippen LogP contribution < -0.4 is 9.64 Å². The van der Waals surface area contributed by atoms with Gasteiger partial charge in [-0.3, -0.25) is 24.1 Å². The maximum Gasteiger partial charge on any atom is 0.246 e. The molecule has 3 fully saturated rings. The second kappa shape index (κ2) is 10.7. The Kier molecular flexibility index (Phi) is 6.94. The number of aliphatic hydroxyl groups excluding tert-OH is 1. The number of halogens is 1. The zero-order valence-corrected chi connectivity index (χ0v) is 24.8. The van der Waals surface area contributed by atoms with Crippen LogP contribution in [0.5, 0.6) is 5.75 Å². The number of hydrogen-bond donors (Lipinski definition) is 1. The number of fused-ring (bicyclic) bond motifs is 4. The van der Waals surface area contributed by atoms with Crippen LogP contribution in [0.15, 0.2) is 90.5 Å². The summed E-state index contributed by atoms with van der Waals surface area (Å²) in [4.78, 5) is 58.8. The molecule has 224 valence electrons. The first kappa shape index (κ1) is 28.5. The van der Waals surface area contributed by atoms with E-state index in [1.807, 2.05) is 48.5 Å². The van der Waals surface area contributed by atoms with Crippen LogP contribution in [0.25, 0.3) is 0 Å². The van der Waals surface area contributed by atoms with Gasteiger partial charge in [-0.1, -0.05) is 71.8 Å². The molecular formula is C35H31ClN2O6. The molecule has 4 amide bonds. The molecule has 6 atom stereocenters. The topological polar surface area (TPSA) is 104 Å². The lowest BCUT2D eigenvalue weighted by Crippen LogP contribution is -2.53. The van der Waals surface area contributed by atoms with Crippen LogP contribution in [0.3, 0.4) is 0 Å². The fourth-order valence-corrected chi connectivity index (χ4v) is 8.38. The molecule has 2 heterocycles. The molecule has 9 heteroatoms. The molecule has 2 saturated heterocycles. The van der Waals surface area contributed by atoms with Crippen LogP contribution in [0.1, 0.15) is 29.9 Å². The van der Waals surface area contributed by atoms with Crippen molar-refractivity contribution in [1.29, 1.82) is 0 Å². The van der Waals surface area contributed by atoms with E-state index in [2.05, 4.69) is 0 Å². The number of aliphatic hydroxyl groups is 1. The Morgan fingerprint density at radius 2 is 1.66 bits per heavy atom. The van der Waals surface area contributed by atoms with E-state index >= 15 is 4.79 Å². The van der Waals surface area contributed by atoms with Crippen molar-refractivity contribution in [2.75, 3.05) is 25.2 Å². The Hall–Kier alpha value is -4.27. The molecule has 3 aromatic carbocycles. The fraction of sp³-hybridized carbons (Fsp3) is 0.314. The number of hydrogen-bond acceptors (Lipinski definition) is 6. The van der Waals surface area contributed by atoms with Gasteiger partial charge in [0.15, 0.2) is 0 Å². The lowest BCUT2D eigenvalue weighted by Gasteiger charge is -2.50. The summed E-state index contributed by atoms with van der Waals surface area (Å²) in [6.45, 7) is 0.0117. The molecular weight excluding hydrogens is 580 g/mol. The van der Waals surface area contributed by atoms with Gasteiger partial charge >= 0.3 is 0 Å². The number of benzene rings is 3. The monoisotopic (exact) mass is 610 g/mol. The highest BCUT2D eigenvalue weighted by molar-refractivity contribution is 6.32. The van der Waals surface area contributed by atoms with Crippen LogP contribution in [-0.4, -0.2) is 53.9 Å². The van der Waals surface area contributed by atoms with Gasteiger partial charge in [0, 0.05) is 18.0 Å². The third-order valence-corrected chi connectivity index (χ3v) is 10.2. The molecule has 3 aromatic rings. The van der Waals surface area contributed by atoms with Crippen LogP contribution in [0.2, 0.25) is 5.02 Å². The molecule has 1 N–H and O–H groups in total. The van der Waals surface area contributed by atoms with E-state index in [1.165, 1.54) is 16.8 Å². The van der Waals surface area contributed by atoms with Crippen LogP contribution in [0.4, 0.5) is 5.69 Å². The fourth-order valence-electron chi connectivity index (χ4n) is 8.20. The quantitative estimate of drug-likeness (QED) is 0.326. The Labute approximate surface area is 259 Å². The predicted octanol–water partition coefficient (Wildman–Crippen LogP) is 4.50. The van der Waals surface area contributed by atoms with Crippen molar-refractivity contribution < 1.29 is 29.0 Å². The van der Waals surface area contributed by atoms with Gasteiger partial charge in [0.25, 0.3) is 0 Å². The summed E-state index contributed by atoms with van der Waals surface area (Å²) >= 11 is 6.34. The molecule has 1 saturated carbocycles. The number of ether oxygens (including phenoxy) is 1. The third-order valence-electron chi connectivity index (χ3n) is 9.96. The summed E-state index contributed by atoms with van der Waals surface area (Å²) in [5.41, 5.74) is 1.49. The summed E-state index contributed by atoms with van der Waals surface area (Å²) < 4.78 is 5.63. The van der Waals surface area contributed by atoms with E-state index < -0.39 is 35.0 Å². The minimum absolute atomic E-state index is 0.128. The van der Waals surface area contributed by atoms with E-state index in [0.29, 0.717) is 28.4 Å². The Bertz CT molecular complexity index is 1710. The van der Waals surface area contributed by atoms with Gasteiger partial charge in [0.05, 0.1) is 35.5 Å². The van der Waals surface area contributed by atoms with E-state index in [-0.39, 0.29) is 43.3 Å². The Morgan fingerprint density at radius 1 is 0.909 bits per heavy atom. The van der Waals surface area contributed by atoms with Crippen molar-refractivity contribution in [3.8, 4) is 5.75 Å². The zero-order chi connectivity index (χ0) is 30.7. The molecule has 2 aliphatic carbocycles. The molecule has 0 radical (unpaired) electrons. The summed E-state index contributed by atoms with van der Waals surface area (Å²) in [5, 5.41) is 9.63. The van der Waals surface area contributed by atoms with Crippen molar-refractivity contribution in [2.24, 2.45) is 23.7 Å². The van der Waals surface area contributed by atoms with Crippen molar-refractivity contribution >= 4 is 40.9 Å². The molecule has 4 aliphatic rings. The van der Waals surface area contributed by atoms with Crippen molar-refractivity contribution in [1.82, 2.24) is 4.90 Å². The number of carbonyl (C=O) groups is 4. The van der Waals surface area contributed by atoms with Gasteiger partial charge in [-0.05, 0) is 60.2 Å². The largest absolute Gasteiger partial charge is 0.491 e. The molecule has 0 bridgehead atoms. The van der Waals surface area contributed by atoms with Gasteiger partial charge in [-0.2, -0.15) is 0 Å². The van der Waals surface area contributed by atoms with Crippen molar-refractivity contribution in [3.05, 3.63) is 107 Å². The van der Waals surface area contributed by atoms with Crippen molar-refractivity contribution in [3.63, 3.8) is 0 Å². The van der Waals surface area contributed by atoms with E-state index in [1.54, 1.807) is 36.4 Å². The molecule has 44 heavy (non-hydrogen) atoms. The van der Waals surface area contributed by atoms with Crippen LogP contribution in [0, 0.1) is 23.7 Å². The maximum atomic E-state index is 15.1. The maximum absolute atomic E-state index is 15.1. The smallest absolute Gasteiger partial charge is 0.246 e. The van der Waals surface area contributed by atoms with E-state index in [9.17, 15) is 19.5 Å². The normalized spacial score (nSPS) is 29.3. The highest BCUT2D eigenvalue weighted by Crippen LogP contribution is 2.64. The minimum Gasteiger partial charge on any atom is -0.491 e. The molecule has 0 spiro atoms. The number of nitrogens with zero attached hydrogens (tertiary/aromatic N) is 2. The summed E-state index contributed by atoms with van der Waals surface area (Å²) in [6, 6.07) is 23.5. The van der Waals surface area contributed by atoms with Crippen LogP contribution >= 0.6 is 11.6 Å². The SMILES string of the molecule is CN1C(=O)C2CC=C3C(CC4C(=O)N(c5cccc(Cl)c5)C(=O)C4(c4ccccc4)C3c3ccc(OCCO)cc3)C2C1=O. The molecule has 8 nitrogen and oxygen atoms in total. The van der Waals surface area contributed by atoms with Gasteiger partial charge in [0.2, 0.25) is 23.6 Å². The van der Waals surface area contributed by atoms with Gasteiger partial charge < -0.3 is 9.84 Å². The third kappa shape index (κ3) is 4.01. The molecule has 6 unspecified atom stereocenters. The first-order valence-corrected chi connectivity index (χ1v) is 15.2. The molecule has 7 rings (SSSR count). The van der Waals surface area contributed by atoms with Crippen molar-refractivity contribution in [2.45, 2.75) is 24.2 Å². The lowest BCUT2D eigenvalue weighted by atomic mass is 9.49. The van der Waals surface area contributed by atoms with Crippen LogP contribution in [-0.2, 0) is 24.6 Å². The first-order chi connectivity index (χ1) is 21.3. The minimum atomic E-state index is -1.32. The van der Waals surface area contributed by atoms with E-state index in [0.717, 1.165) is 11.1 Å². The Balaban J connectivity index is 1.47.